The number of nitrogens with zero attached hydrogens (tertiary/aromatic N) is 1. The predicted octanol–water partition coefficient (Wildman–Crippen LogP) is 1.79. The van der Waals surface area contributed by atoms with Gasteiger partial charge in [-0.1, -0.05) is 0 Å². The van der Waals surface area contributed by atoms with Gasteiger partial charge < -0.3 is 9.47 Å². The van der Waals surface area contributed by atoms with E-state index in [9.17, 15) is 18.0 Å². The Morgan fingerprint density at radius 1 is 1.14 bits per heavy atom. The molecule has 8 nitrogen and oxygen atoms in total. The van der Waals surface area contributed by atoms with Gasteiger partial charge in [0.15, 0.2) is 5.78 Å². The number of hydrogen-bond donors (Lipinski definition) is 1. The van der Waals surface area contributed by atoms with Crippen LogP contribution in [-0.2, 0) is 26.2 Å². The highest BCUT2D eigenvalue weighted by atomic mass is 32.2. The van der Waals surface area contributed by atoms with Crippen molar-refractivity contribution in [1.82, 2.24) is 4.72 Å². The van der Waals surface area contributed by atoms with Crippen molar-refractivity contribution in [3.63, 3.8) is 0 Å². The van der Waals surface area contributed by atoms with E-state index >= 15 is 0 Å². The predicted molar refractivity (Wildman–Crippen MR) is 99.1 cm³/mol. The third-order valence-electron chi connectivity index (χ3n) is 3.78. The van der Waals surface area contributed by atoms with Gasteiger partial charge in [0.25, 0.3) is 0 Å². The molecule has 0 unspecified atom stereocenters. The fraction of sp³-hybridized carbons (Fsp3) is 0.211. The fourth-order valence-electron chi connectivity index (χ4n) is 2.27. The molecule has 28 heavy (non-hydrogen) atoms. The molecule has 0 aliphatic heterocycles. The van der Waals surface area contributed by atoms with Crippen molar-refractivity contribution in [3.8, 4) is 11.8 Å². The summed E-state index contributed by atoms with van der Waals surface area (Å²) in [4.78, 5) is 23.3. The highest BCUT2D eigenvalue weighted by Gasteiger charge is 2.17. The first-order chi connectivity index (χ1) is 13.3. The Morgan fingerprint density at radius 2 is 1.82 bits per heavy atom. The smallest absolute Gasteiger partial charge is 0.321 e. The van der Waals surface area contributed by atoms with Crippen LogP contribution in [0.25, 0.3) is 0 Å². The molecule has 0 aromatic heterocycles. The average molecular weight is 402 g/mol. The van der Waals surface area contributed by atoms with Crippen LogP contribution in [0.3, 0.4) is 0 Å². The van der Waals surface area contributed by atoms with Crippen molar-refractivity contribution in [2.75, 3.05) is 13.7 Å². The number of Topliss-reactive ketones (excluding diaryl/α,β-unsaturated/α-hetero) is 1. The standard InChI is InChI=1S/C19H18N2O6S/c1-13(22)15-5-8-18(26-2)16(9-15)12-27-19(23)11-21-28(24,25)17-6-3-14(10-20)4-7-17/h3-9,21H,11-12H2,1-2H3. The summed E-state index contributed by atoms with van der Waals surface area (Å²) in [6.07, 6.45) is 0. The van der Waals surface area contributed by atoms with Crippen molar-refractivity contribution < 1.29 is 27.5 Å². The second-order valence-electron chi connectivity index (χ2n) is 5.70. The second kappa shape index (κ2) is 9.12. The molecule has 0 heterocycles. The van der Waals surface area contributed by atoms with E-state index in [0.717, 1.165) is 0 Å². The van der Waals surface area contributed by atoms with Gasteiger partial charge in [0.2, 0.25) is 10.0 Å². The van der Waals surface area contributed by atoms with Gasteiger partial charge in [-0.15, -0.1) is 0 Å². The summed E-state index contributed by atoms with van der Waals surface area (Å²) in [6, 6.07) is 11.9. The minimum atomic E-state index is -3.92. The Balaban J connectivity index is 1.98. The van der Waals surface area contributed by atoms with Gasteiger partial charge in [0, 0.05) is 11.1 Å². The van der Waals surface area contributed by atoms with Crippen LogP contribution in [-0.4, -0.2) is 33.8 Å². The molecular weight excluding hydrogens is 384 g/mol. The molecule has 0 fully saturated rings. The van der Waals surface area contributed by atoms with E-state index in [1.54, 1.807) is 18.2 Å². The van der Waals surface area contributed by atoms with Gasteiger partial charge in [-0.3, -0.25) is 9.59 Å². The van der Waals surface area contributed by atoms with Crippen LogP contribution in [0.4, 0.5) is 0 Å². The highest BCUT2D eigenvalue weighted by Crippen LogP contribution is 2.21. The zero-order valence-corrected chi connectivity index (χ0v) is 16.1. The first kappa shape index (κ1) is 21.1. The number of carbonyl (C=O) groups is 2. The van der Waals surface area contributed by atoms with E-state index in [0.29, 0.717) is 22.4 Å². The molecule has 0 aliphatic rings. The minimum Gasteiger partial charge on any atom is -0.496 e. The van der Waals surface area contributed by atoms with Crippen molar-refractivity contribution in [3.05, 3.63) is 59.2 Å². The minimum absolute atomic E-state index is 0.0740. The summed E-state index contributed by atoms with van der Waals surface area (Å²) in [6.45, 7) is 0.661. The third-order valence-corrected chi connectivity index (χ3v) is 5.19. The van der Waals surface area contributed by atoms with Crippen LogP contribution in [0.5, 0.6) is 5.75 Å². The lowest BCUT2D eigenvalue weighted by Gasteiger charge is -2.11. The topological polar surface area (TPSA) is 123 Å². The molecule has 0 saturated carbocycles. The van der Waals surface area contributed by atoms with E-state index in [1.807, 2.05) is 6.07 Å². The van der Waals surface area contributed by atoms with Gasteiger partial charge in [-0.25, -0.2) is 8.42 Å². The summed E-state index contributed by atoms with van der Waals surface area (Å²) < 4.78 is 36.7. The molecule has 0 amide bonds. The Hall–Kier alpha value is -3.22. The molecule has 9 heteroatoms. The molecule has 2 aromatic rings. The van der Waals surface area contributed by atoms with Crippen LogP contribution in [0.1, 0.15) is 28.4 Å². The maximum Gasteiger partial charge on any atom is 0.321 e. The van der Waals surface area contributed by atoms with E-state index in [2.05, 4.69) is 4.72 Å². The summed E-state index contributed by atoms with van der Waals surface area (Å²) in [5, 5.41) is 8.74. The molecule has 2 aromatic carbocycles. The summed E-state index contributed by atoms with van der Waals surface area (Å²) in [5.41, 5.74) is 1.24. The average Bonchev–Trinajstić information content (AvgIpc) is 2.70. The van der Waals surface area contributed by atoms with E-state index in [-0.39, 0.29) is 17.3 Å². The number of rotatable bonds is 8. The maximum absolute atomic E-state index is 12.2. The summed E-state index contributed by atoms with van der Waals surface area (Å²) >= 11 is 0. The Bertz CT molecular complexity index is 1020. The molecule has 1 N–H and O–H groups in total. The molecule has 0 radical (unpaired) electrons. The van der Waals surface area contributed by atoms with Gasteiger partial charge in [-0.2, -0.15) is 9.98 Å². The number of hydrogen-bond acceptors (Lipinski definition) is 7. The molecule has 2 rings (SSSR count). The van der Waals surface area contributed by atoms with Gasteiger partial charge in [0.05, 0.1) is 23.6 Å². The first-order valence-corrected chi connectivity index (χ1v) is 9.58. The van der Waals surface area contributed by atoms with Crippen LogP contribution in [0, 0.1) is 11.3 Å². The van der Waals surface area contributed by atoms with Crippen molar-refractivity contribution in [2.45, 2.75) is 18.4 Å². The Kier molecular flexibility index (Phi) is 6.87. The van der Waals surface area contributed by atoms with E-state index < -0.39 is 22.5 Å². The monoisotopic (exact) mass is 402 g/mol. The Labute approximate surface area is 162 Å². The van der Waals surface area contributed by atoms with Gasteiger partial charge >= 0.3 is 5.97 Å². The maximum atomic E-state index is 12.2. The molecule has 146 valence electrons. The Morgan fingerprint density at radius 3 is 2.39 bits per heavy atom. The number of carbonyl (C=O) groups excluding carboxylic acids is 2. The van der Waals surface area contributed by atoms with E-state index in [1.165, 1.54) is 38.3 Å². The SMILES string of the molecule is COc1ccc(C(C)=O)cc1COC(=O)CNS(=O)(=O)c1ccc(C#N)cc1. The van der Waals surface area contributed by atoms with Crippen LogP contribution < -0.4 is 9.46 Å². The third kappa shape index (κ3) is 5.39. The second-order valence-corrected chi connectivity index (χ2v) is 7.47. The zero-order chi connectivity index (χ0) is 20.7. The van der Waals surface area contributed by atoms with Crippen LogP contribution in [0.15, 0.2) is 47.4 Å². The van der Waals surface area contributed by atoms with E-state index in [4.69, 9.17) is 14.7 Å². The molecular formula is C19H18N2O6S. The number of nitrogens with one attached hydrogen (secondary N) is 1. The van der Waals surface area contributed by atoms with Crippen molar-refractivity contribution in [1.29, 1.82) is 5.26 Å². The molecule has 0 aliphatic carbocycles. The fourth-order valence-corrected chi connectivity index (χ4v) is 3.23. The van der Waals surface area contributed by atoms with Crippen molar-refractivity contribution >= 4 is 21.8 Å². The van der Waals surface area contributed by atoms with Crippen LogP contribution in [0.2, 0.25) is 0 Å². The number of benzene rings is 2. The number of ether oxygens (including phenoxy) is 2. The van der Waals surface area contributed by atoms with Crippen molar-refractivity contribution in [2.24, 2.45) is 0 Å². The molecule has 0 spiro atoms. The number of sulfonamides is 1. The number of ketones is 1. The molecule has 0 bridgehead atoms. The quantitative estimate of drug-likeness (QED) is 0.527. The lowest BCUT2D eigenvalue weighted by atomic mass is 10.1. The van der Waals surface area contributed by atoms with Crippen LogP contribution >= 0.6 is 0 Å². The lowest BCUT2D eigenvalue weighted by Crippen LogP contribution is -2.30. The number of nitriles is 1. The number of esters is 1. The molecule has 0 saturated heterocycles. The largest absolute Gasteiger partial charge is 0.496 e. The van der Waals surface area contributed by atoms with Gasteiger partial charge in [-0.05, 0) is 49.4 Å². The lowest BCUT2D eigenvalue weighted by molar-refractivity contribution is -0.143. The summed E-state index contributed by atoms with van der Waals surface area (Å²) in [7, 11) is -2.48. The highest BCUT2D eigenvalue weighted by molar-refractivity contribution is 7.89. The molecule has 0 atom stereocenters. The first-order valence-electron chi connectivity index (χ1n) is 8.10. The zero-order valence-electron chi connectivity index (χ0n) is 15.3. The summed E-state index contributed by atoms with van der Waals surface area (Å²) in [5.74, 6) is -0.506. The van der Waals surface area contributed by atoms with Gasteiger partial charge in [0.1, 0.15) is 18.9 Å². The normalized spacial score (nSPS) is 10.8. The number of methoxy groups -OCH3 is 1.